The summed E-state index contributed by atoms with van der Waals surface area (Å²) in [7, 11) is 0. The van der Waals surface area contributed by atoms with Crippen LogP contribution in [0, 0.1) is 0 Å². The molecule has 2 aliphatic heterocycles. The van der Waals surface area contributed by atoms with Crippen LogP contribution in [0.3, 0.4) is 0 Å². The minimum atomic E-state index is 0.155. The third-order valence-corrected chi connectivity index (χ3v) is 2.23. The molecule has 12 heavy (non-hydrogen) atoms. The van der Waals surface area contributed by atoms with Gasteiger partial charge in [0.05, 0.1) is 13.2 Å². The van der Waals surface area contributed by atoms with Gasteiger partial charge in [-0.05, 0) is 25.0 Å². The summed E-state index contributed by atoms with van der Waals surface area (Å²) in [5.74, 6) is 0. The molecule has 0 aromatic heterocycles. The van der Waals surface area contributed by atoms with Gasteiger partial charge in [0.15, 0.2) is 0 Å². The van der Waals surface area contributed by atoms with Crippen molar-refractivity contribution in [1.29, 1.82) is 0 Å². The van der Waals surface area contributed by atoms with Crippen LogP contribution in [0.1, 0.15) is 13.8 Å². The van der Waals surface area contributed by atoms with Crippen molar-refractivity contribution in [2.75, 3.05) is 13.2 Å². The Morgan fingerprint density at radius 2 is 1.42 bits per heavy atom. The normalized spacial score (nSPS) is 35.2. The SMILES string of the molecule is CC1=C[C@@H]([C@@H]2C=C(C)CO2)OC1. The molecule has 0 bridgehead atoms. The van der Waals surface area contributed by atoms with Crippen LogP contribution < -0.4 is 0 Å². The van der Waals surface area contributed by atoms with E-state index >= 15 is 0 Å². The van der Waals surface area contributed by atoms with Crippen LogP contribution in [0.4, 0.5) is 0 Å². The summed E-state index contributed by atoms with van der Waals surface area (Å²) in [5, 5.41) is 0. The number of hydrogen-bond acceptors (Lipinski definition) is 2. The summed E-state index contributed by atoms with van der Waals surface area (Å²) in [6.45, 7) is 5.70. The first-order valence-electron chi connectivity index (χ1n) is 4.33. The van der Waals surface area contributed by atoms with Gasteiger partial charge in [-0.25, -0.2) is 0 Å². The molecular weight excluding hydrogens is 152 g/mol. The van der Waals surface area contributed by atoms with Gasteiger partial charge in [-0.2, -0.15) is 0 Å². The van der Waals surface area contributed by atoms with Crippen LogP contribution >= 0.6 is 0 Å². The first-order chi connectivity index (χ1) is 5.75. The van der Waals surface area contributed by atoms with E-state index in [1.54, 1.807) is 0 Å². The standard InChI is InChI=1S/C10H14O2/c1-7-3-9(11-5-7)10-4-8(2)6-12-10/h3-4,9-10H,5-6H2,1-2H3/t9-,10-/m0/s1. The zero-order chi connectivity index (χ0) is 8.55. The molecule has 0 aromatic carbocycles. The Morgan fingerprint density at radius 1 is 1.00 bits per heavy atom. The Balaban J connectivity index is 2.03. The van der Waals surface area contributed by atoms with Crippen LogP contribution in [-0.2, 0) is 9.47 Å². The second kappa shape index (κ2) is 3.04. The highest BCUT2D eigenvalue weighted by Crippen LogP contribution is 2.22. The van der Waals surface area contributed by atoms with Gasteiger partial charge in [-0.3, -0.25) is 0 Å². The summed E-state index contributed by atoms with van der Waals surface area (Å²) < 4.78 is 11.1. The van der Waals surface area contributed by atoms with Crippen molar-refractivity contribution in [3.8, 4) is 0 Å². The fraction of sp³-hybridized carbons (Fsp3) is 0.600. The van der Waals surface area contributed by atoms with Crippen LogP contribution in [0.15, 0.2) is 23.3 Å². The summed E-state index contributed by atoms with van der Waals surface area (Å²) in [6, 6.07) is 0. The molecule has 0 amide bonds. The van der Waals surface area contributed by atoms with Gasteiger partial charge >= 0.3 is 0 Å². The summed E-state index contributed by atoms with van der Waals surface area (Å²) in [6.07, 6.45) is 4.62. The molecule has 0 spiro atoms. The molecule has 0 fully saturated rings. The van der Waals surface area contributed by atoms with Crippen molar-refractivity contribution < 1.29 is 9.47 Å². The zero-order valence-electron chi connectivity index (χ0n) is 7.54. The lowest BCUT2D eigenvalue weighted by Crippen LogP contribution is -2.23. The molecule has 66 valence electrons. The van der Waals surface area contributed by atoms with E-state index in [4.69, 9.17) is 9.47 Å². The minimum Gasteiger partial charge on any atom is -0.367 e. The average molecular weight is 166 g/mol. The second-order valence-electron chi connectivity index (χ2n) is 3.58. The molecule has 0 aromatic rings. The molecule has 0 radical (unpaired) electrons. The molecule has 2 heterocycles. The molecule has 2 atom stereocenters. The maximum Gasteiger partial charge on any atom is 0.106 e. The summed E-state index contributed by atoms with van der Waals surface area (Å²) in [5.41, 5.74) is 2.61. The Morgan fingerprint density at radius 3 is 1.67 bits per heavy atom. The van der Waals surface area contributed by atoms with E-state index in [-0.39, 0.29) is 12.2 Å². The number of rotatable bonds is 1. The van der Waals surface area contributed by atoms with E-state index in [2.05, 4.69) is 26.0 Å². The Hall–Kier alpha value is -0.600. The number of hydrogen-bond donors (Lipinski definition) is 0. The second-order valence-corrected chi connectivity index (χ2v) is 3.58. The lowest BCUT2D eigenvalue weighted by Gasteiger charge is -2.13. The van der Waals surface area contributed by atoms with Crippen LogP contribution in [-0.4, -0.2) is 25.4 Å². The van der Waals surface area contributed by atoms with E-state index in [1.807, 2.05) is 0 Å². The van der Waals surface area contributed by atoms with Crippen molar-refractivity contribution in [3.63, 3.8) is 0 Å². The van der Waals surface area contributed by atoms with Gasteiger partial charge in [0.2, 0.25) is 0 Å². The Labute approximate surface area is 72.9 Å². The van der Waals surface area contributed by atoms with Gasteiger partial charge in [0, 0.05) is 0 Å². The largest absolute Gasteiger partial charge is 0.367 e. The van der Waals surface area contributed by atoms with Crippen LogP contribution in [0.2, 0.25) is 0 Å². The molecule has 2 aliphatic rings. The maximum absolute atomic E-state index is 5.54. The fourth-order valence-corrected chi connectivity index (χ4v) is 1.59. The highest BCUT2D eigenvalue weighted by Gasteiger charge is 2.26. The van der Waals surface area contributed by atoms with Crippen LogP contribution in [0.5, 0.6) is 0 Å². The predicted molar refractivity (Wildman–Crippen MR) is 47.0 cm³/mol. The van der Waals surface area contributed by atoms with Gasteiger partial charge in [0.1, 0.15) is 12.2 Å². The van der Waals surface area contributed by atoms with E-state index < -0.39 is 0 Å². The van der Waals surface area contributed by atoms with Gasteiger partial charge in [0.25, 0.3) is 0 Å². The van der Waals surface area contributed by atoms with Crippen molar-refractivity contribution in [3.05, 3.63) is 23.3 Å². The molecule has 2 heteroatoms. The molecule has 0 unspecified atom stereocenters. The fourth-order valence-electron chi connectivity index (χ4n) is 1.59. The van der Waals surface area contributed by atoms with Crippen molar-refractivity contribution >= 4 is 0 Å². The predicted octanol–water partition coefficient (Wildman–Crippen LogP) is 1.68. The Kier molecular flexibility index (Phi) is 2.03. The van der Waals surface area contributed by atoms with Crippen molar-refractivity contribution in [2.45, 2.75) is 26.1 Å². The van der Waals surface area contributed by atoms with Gasteiger partial charge in [-0.1, -0.05) is 12.2 Å². The lowest BCUT2D eigenvalue weighted by molar-refractivity contribution is 0.00732. The molecular formula is C10H14O2. The van der Waals surface area contributed by atoms with Crippen molar-refractivity contribution in [1.82, 2.24) is 0 Å². The Bertz CT molecular complexity index is 214. The topological polar surface area (TPSA) is 18.5 Å². The molecule has 0 N–H and O–H groups in total. The monoisotopic (exact) mass is 166 g/mol. The van der Waals surface area contributed by atoms with E-state index in [1.165, 1.54) is 11.1 Å². The average Bonchev–Trinajstić information content (AvgIpc) is 2.58. The smallest absolute Gasteiger partial charge is 0.106 e. The highest BCUT2D eigenvalue weighted by molar-refractivity contribution is 5.18. The molecule has 2 nitrogen and oxygen atoms in total. The molecule has 2 rings (SSSR count). The first-order valence-corrected chi connectivity index (χ1v) is 4.33. The van der Waals surface area contributed by atoms with Crippen molar-refractivity contribution in [2.24, 2.45) is 0 Å². The lowest BCUT2D eigenvalue weighted by atomic mass is 10.1. The number of ether oxygens (including phenoxy) is 2. The van der Waals surface area contributed by atoms with E-state index in [0.29, 0.717) is 0 Å². The first kappa shape index (κ1) is 8.02. The molecule has 0 saturated carbocycles. The maximum atomic E-state index is 5.54. The van der Waals surface area contributed by atoms with Crippen LogP contribution in [0.25, 0.3) is 0 Å². The zero-order valence-corrected chi connectivity index (χ0v) is 7.54. The van der Waals surface area contributed by atoms with E-state index in [9.17, 15) is 0 Å². The minimum absolute atomic E-state index is 0.155. The third-order valence-electron chi connectivity index (χ3n) is 2.23. The van der Waals surface area contributed by atoms with E-state index in [0.717, 1.165) is 13.2 Å². The third kappa shape index (κ3) is 1.45. The molecule has 0 aliphatic carbocycles. The quantitative estimate of drug-likeness (QED) is 0.552. The summed E-state index contributed by atoms with van der Waals surface area (Å²) >= 11 is 0. The van der Waals surface area contributed by atoms with Gasteiger partial charge in [-0.15, -0.1) is 0 Å². The summed E-state index contributed by atoms with van der Waals surface area (Å²) in [4.78, 5) is 0. The van der Waals surface area contributed by atoms with Gasteiger partial charge < -0.3 is 9.47 Å². The molecule has 0 saturated heterocycles. The highest BCUT2D eigenvalue weighted by atomic mass is 16.5.